The van der Waals surface area contributed by atoms with Crippen LogP contribution >= 0.6 is 15.9 Å². The highest BCUT2D eigenvalue weighted by atomic mass is 79.9. The summed E-state index contributed by atoms with van der Waals surface area (Å²) < 4.78 is 11.8. The maximum absolute atomic E-state index is 5.70. The fraction of sp³-hybridized carbons (Fsp3) is 0.353. The Bertz CT molecular complexity index is 646. The summed E-state index contributed by atoms with van der Waals surface area (Å²) in [5.41, 5.74) is 2.21. The Balaban J connectivity index is 1.75. The molecule has 0 bridgehead atoms. The molecule has 4 nitrogen and oxygen atoms in total. The number of benzene rings is 1. The lowest BCUT2D eigenvalue weighted by Gasteiger charge is -2.28. The lowest BCUT2D eigenvalue weighted by Crippen LogP contribution is -2.30. The molecule has 0 aliphatic carbocycles. The molecule has 3 rings (SSSR count). The molecular weight excluding hydrogens is 344 g/mol. The minimum absolute atomic E-state index is 0.203. The quantitative estimate of drug-likeness (QED) is 0.891. The zero-order chi connectivity index (χ0) is 15.5. The second-order valence-corrected chi connectivity index (χ2v) is 6.30. The van der Waals surface area contributed by atoms with Gasteiger partial charge in [0.1, 0.15) is 11.5 Å². The molecule has 116 valence electrons. The van der Waals surface area contributed by atoms with Crippen molar-refractivity contribution < 1.29 is 9.47 Å². The molecule has 0 fully saturated rings. The van der Waals surface area contributed by atoms with E-state index in [1.54, 1.807) is 7.11 Å². The van der Waals surface area contributed by atoms with Gasteiger partial charge in [-0.3, -0.25) is 4.98 Å². The Labute approximate surface area is 139 Å². The van der Waals surface area contributed by atoms with Crippen LogP contribution in [0, 0.1) is 0 Å². The third-order valence-corrected chi connectivity index (χ3v) is 4.34. The first kappa shape index (κ1) is 15.3. The van der Waals surface area contributed by atoms with Crippen LogP contribution in [0.5, 0.6) is 11.5 Å². The second kappa shape index (κ2) is 6.67. The molecule has 0 spiro atoms. The molecule has 1 aromatic heterocycles. The summed E-state index contributed by atoms with van der Waals surface area (Å²) in [5, 5.41) is 3.65. The molecule has 0 saturated heterocycles. The van der Waals surface area contributed by atoms with E-state index in [4.69, 9.17) is 9.47 Å². The van der Waals surface area contributed by atoms with E-state index in [0.29, 0.717) is 6.61 Å². The van der Waals surface area contributed by atoms with Crippen molar-refractivity contribution in [3.05, 3.63) is 52.3 Å². The van der Waals surface area contributed by atoms with E-state index >= 15 is 0 Å². The summed E-state index contributed by atoms with van der Waals surface area (Å²) in [6.07, 6.45) is 2.74. The molecule has 0 saturated carbocycles. The molecular formula is C17H19BrN2O2. The number of rotatable bonds is 4. The Morgan fingerprint density at radius 3 is 2.86 bits per heavy atom. The molecule has 5 heteroatoms. The van der Waals surface area contributed by atoms with Crippen LogP contribution in [0.15, 0.2) is 41.0 Å². The van der Waals surface area contributed by atoms with Crippen LogP contribution in [-0.4, -0.2) is 18.7 Å². The van der Waals surface area contributed by atoms with Crippen LogP contribution in [-0.2, 0) is 0 Å². The molecule has 0 unspecified atom stereocenters. The van der Waals surface area contributed by atoms with E-state index in [1.807, 2.05) is 24.4 Å². The lowest BCUT2D eigenvalue weighted by atomic mass is 10.0. The molecule has 1 N–H and O–H groups in total. The van der Waals surface area contributed by atoms with Gasteiger partial charge < -0.3 is 14.8 Å². The normalized spacial score (nSPS) is 18.2. The van der Waals surface area contributed by atoms with Crippen LogP contribution in [0.4, 0.5) is 0 Å². The van der Waals surface area contributed by atoms with Gasteiger partial charge in [-0.1, -0.05) is 12.1 Å². The topological polar surface area (TPSA) is 43.4 Å². The maximum Gasteiger partial charge on any atom is 0.143 e. The SMILES string of the molecule is COc1ccc([C@H](C)N[C@H]2CCOc3cc(Br)cnc32)cc1. The molecule has 2 atom stereocenters. The number of fused-ring (bicyclic) bond motifs is 1. The van der Waals surface area contributed by atoms with Crippen LogP contribution in [0.3, 0.4) is 0 Å². The fourth-order valence-electron chi connectivity index (χ4n) is 2.68. The average Bonchev–Trinajstić information content (AvgIpc) is 2.55. The molecule has 0 radical (unpaired) electrons. The van der Waals surface area contributed by atoms with Gasteiger partial charge in [-0.25, -0.2) is 0 Å². The first-order valence-corrected chi connectivity index (χ1v) is 8.15. The number of pyridine rings is 1. The van der Waals surface area contributed by atoms with E-state index in [0.717, 1.165) is 28.1 Å². The largest absolute Gasteiger partial charge is 0.497 e. The van der Waals surface area contributed by atoms with Crippen molar-refractivity contribution in [3.8, 4) is 11.5 Å². The molecule has 1 aliphatic rings. The smallest absolute Gasteiger partial charge is 0.143 e. The van der Waals surface area contributed by atoms with Crippen molar-refractivity contribution >= 4 is 15.9 Å². The minimum atomic E-state index is 0.203. The van der Waals surface area contributed by atoms with Gasteiger partial charge in [0.15, 0.2) is 0 Å². The van der Waals surface area contributed by atoms with Crippen molar-refractivity contribution in [3.63, 3.8) is 0 Å². The fourth-order valence-corrected chi connectivity index (χ4v) is 3.00. The number of hydrogen-bond acceptors (Lipinski definition) is 4. The van der Waals surface area contributed by atoms with Crippen LogP contribution < -0.4 is 14.8 Å². The van der Waals surface area contributed by atoms with E-state index in [2.05, 4.69) is 45.3 Å². The van der Waals surface area contributed by atoms with E-state index in [1.165, 1.54) is 5.56 Å². The summed E-state index contributed by atoms with van der Waals surface area (Å²) in [6, 6.07) is 10.6. The number of aromatic nitrogens is 1. The monoisotopic (exact) mass is 362 g/mol. The Morgan fingerprint density at radius 2 is 2.14 bits per heavy atom. The van der Waals surface area contributed by atoms with Gasteiger partial charge in [0.05, 0.1) is 25.5 Å². The van der Waals surface area contributed by atoms with Gasteiger partial charge in [-0.05, 0) is 46.6 Å². The highest BCUT2D eigenvalue weighted by molar-refractivity contribution is 9.10. The van der Waals surface area contributed by atoms with Crippen LogP contribution in [0.2, 0.25) is 0 Å². The third kappa shape index (κ3) is 3.25. The van der Waals surface area contributed by atoms with Gasteiger partial charge in [0, 0.05) is 23.1 Å². The number of nitrogens with zero attached hydrogens (tertiary/aromatic N) is 1. The second-order valence-electron chi connectivity index (χ2n) is 5.39. The van der Waals surface area contributed by atoms with Crippen molar-refractivity contribution in [2.45, 2.75) is 25.4 Å². The van der Waals surface area contributed by atoms with E-state index in [9.17, 15) is 0 Å². The van der Waals surface area contributed by atoms with Gasteiger partial charge >= 0.3 is 0 Å². The zero-order valence-electron chi connectivity index (χ0n) is 12.7. The van der Waals surface area contributed by atoms with Gasteiger partial charge in [-0.15, -0.1) is 0 Å². The molecule has 0 amide bonds. The molecule has 2 heterocycles. The Hall–Kier alpha value is -1.59. The van der Waals surface area contributed by atoms with Crippen LogP contribution in [0.1, 0.15) is 36.7 Å². The first-order valence-electron chi connectivity index (χ1n) is 7.35. The summed E-state index contributed by atoms with van der Waals surface area (Å²) in [6.45, 7) is 2.87. The standard InChI is InChI=1S/C17H19BrN2O2/c1-11(12-3-5-14(21-2)6-4-12)20-15-7-8-22-16-9-13(18)10-19-17(15)16/h3-6,9-11,15,20H,7-8H2,1-2H3/t11-,15-/m0/s1. The third-order valence-electron chi connectivity index (χ3n) is 3.91. The first-order chi connectivity index (χ1) is 10.7. The van der Waals surface area contributed by atoms with E-state index < -0.39 is 0 Å². The Kier molecular flexibility index (Phi) is 4.64. The summed E-state index contributed by atoms with van der Waals surface area (Å²) in [4.78, 5) is 4.52. The molecule has 1 aromatic carbocycles. The number of nitrogens with one attached hydrogen (secondary N) is 1. The number of methoxy groups -OCH3 is 1. The predicted molar refractivity (Wildman–Crippen MR) is 89.3 cm³/mol. The van der Waals surface area contributed by atoms with E-state index in [-0.39, 0.29) is 12.1 Å². The summed E-state index contributed by atoms with van der Waals surface area (Å²) >= 11 is 3.44. The molecule has 2 aromatic rings. The van der Waals surface area contributed by atoms with Gasteiger partial charge in [0.25, 0.3) is 0 Å². The predicted octanol–water partition coefficient (Wildman–Crippen LogP) is 4.03. The zero-order valence-corrected chi connectivity index (χ0v) is 14.3. The van der Waals surface area contributed by atoms with Gasteiger partial charge in [-0.2, -0.15) is 0 Å². The molecule has 22 heavy (non-hydrogen) atoms. The average molecular weight is 363 g/mol. The maximum atomic E-state index is 5.70. The number of halogens is 1. The van der Waals surface area contributed by atoms with Crippen molar-refractivity contribution in [2.24, 2.45) is 0 Å². The molecule has 1 aliphatic heterocycles. The van der Waals surface area contributed by atoms with Crippen molar-refractivity contribution in [1.82, 2.24) is 10.3 Å². The minimum Gasteiger partial charge on any atom is -0.497 e. The highest BCUT2D eigenvalue weighted by Crippen LogP contribution is 2.33. The van der Waals surface area contributed by atoms with Gasteiger partial charge in [0.2, 0.25) is 0 Å². The van der Waals surface area contributed by atoms with Crippen molar-refractivity contribution in [2.75, 3.05) is 13.7 Å². The number of ether oxygens (including phenoxy) is 2. The van der Waals surface area contributed by atoms with Crippen molar-refractivity contribution in [1.29, 1.82) is 0 Å². The number of hydrogen-bond donors (Lipinski definition) is 1. The lowest BCUT2D eigenvalue weighted by molar-refractivity contribution is 0.241. The highest BCUT2D eigenvalue weighted by Gasteiger charge is 2.24. The summed E-state index contributed by atoms with van der Waals surface area (Å²) in [5.74, 6) is 1.74. The van der Waals surface area contributed by atoms with Crippen LogP contribution in [0.25, 0.3) is 0 Å². The summed E-state index contributed by atoms with van der Waals surface area (Å²) in [7, 11) is 1.68. The Morgan fingerprint density at radius 1 is 1.36 bits per heavy atom.